The predicted molar refractivity (Wildman–Crippen MR) is 74.3 cm³/mol. The van der Waals surface area contributed by atoms with Crippen molar-refractivity contribution < 1.29 is 9.21 Å². The maximum Gasteiger partial charge on any atom is 0.293 e. The minimum Gasteiger partial charge on any atom is -0.436 e. The van der Waals surface area contributed by atoms with E-state index in [2.05, 4.69) is 10.3 Å². The first-order valence-electron chi connectivity index (χ1n) is 6.00. The molecular formula is C14H17N3O2. The van der Waals surface area contributed by atoms with E-state index in [0.717, 1.165) is 16.8 Å². The third kappa shape index (κ3) is 2.59. The van der Waals surface area contributed by atoms with Crippen LogP contribution in [0.25, 0.3) is 0 Å². The number of hydrogen-bond acceptors (Lipinski definition) is 4. The van der Waals surface area contributed by atoms with E-state index in [1.54, 1.807) is 13.8 Å². The van der Waals surface area contributed by atoms with Crippen molar-refractivity contribution in [3.63, 3.8) is 0 Å². The zero-order valence-corrected chi connectivity index (χ0v) is 11.5. The molecule has 3 N–H and O–H groups in total. The Balaban J connectivity index is 2.32. The van der Waals surface area contributed by atoms with E-state index in [-0.39, 0.29) is 11.7 Å². The lowest BCUT2D eigenvalue weighted by Crippen LogP contribution is -2.14. The number of carbonyl (C=O) groups is 1. The summed E-state index contributed by atoms with van der Waals surface area (Å²) < 4.78 is 5.30. The molecule has 2 rings (SSSR count). The number of nitrogens with zero attached hydrogens (tertiary/aromatic N) is 1. The Kier molecular flexibility index (Phi) is 3.29. The third-order valence-electron chi connectivity index (χ3n) is 2.90. The fraction of sp³-hybridized carbons (Fsp3) is 0.286. The Morgan fingerprint density at radius 3 is 2.26 bits per heavy atom. The Labute approximate surface area is 111 Å². The number of nitrogens with one attached hydrogen (secondary N) is 1. The zero-order valence-electron chi connectivity index (χ0n) is 11.5. The average molecular weight is 259 g/mol. The van der Waals surface area contributed by atoms with Crippen LogP contribution in [0.15, 0.2) is 16.5 Å². The molecule has 5 nitrogen and oxygen atoms in total. The standard InChI is InChI=1S/C14H17N3O2/c1-7-5-11(15)6-8(2)12(7)17-14(18)13-9(3)16-10(4)19-13/h5-6H,15H2,1-4H3,(H,17,18). The summed E-state index contributed by atoms with van der Waals surface area (Å²) in [5.74, 6) is 0.426. The summed E-state index contributed by atoms with van der Waals surface area (Å²) in [6, 6.07) is 3.64. The number of rotatable bonds is 2. The van der Waals surface area contributed by atoms with Crippen LogP contribution in [-0.2, 0) is 0 Å². The molecule has 0 aliphatic carbocycles. The smallest absolute Gasteiger partial charge is 0.293 e. The number of aryl methyl sites for hydroxylation is 4. The van der Waals surface area contributed by atoms with Gasteiger partial charge in [-0.1, -0.05) is 0 Å². The maximum atomic E-state index is 12.2. The van der Waals surface area contributed by atoms with E-state index < -0.39 is 0 Å². The van der Waals surface area contributed by atoms with Gasteiger partial charge in [-0.25, -0.2) is 4.98 Å². The second-order valence-corrected chi connectivity index (χ2v) is 4.63. The number of nitrogen functional groups attached to an aromatic ring is 1. The van der Waals surface area contributed by atoms with E-state index in [0.29, 0.717) is 17.3 Å². The largest absolute Gasteiger partial charge is 0.436 e. The number of aromatic nitrogens is 1. The van der Waals surface area contributed by atoms with Gasteiger partial charge in [0.15, 0.2) is 5.89 Å². The number of benzene rings is 1. The van der Waals surface area contributed by atoms with Gasteiger partial charge in [0.25, 0.3) is 5.91 Å². The number of oxazole rings is 1. The van der Waals surface area contributed by atoms with E-state index in [9.17, 15) is 4.79 Å². The second kappa shape index (κ2) is 4.76. The van der Waals surface area contributed by atoms with Crippen LogP contribution in [-0.4, -0.2) is 10.9 Å². The van der Waals surface area contributed by atoms with Crippen LogP contribution < -0.4 is 11.1 Å². The van der Waals surface area contributed by atoms with Gasteiger partial charge in [-0.3, -0.25) is 4.79 Å². The molecule has 0 aliphatic rings. The number of hydrogen-bond donors (Lipinski definition) is 2. The molecule has 0 bridgehead atoms. The highest BCUT2D eigenvalue weighted by Gasteiger charge is 2.17. The van der Waals surface area contributed by atoms with Crippen molar-refractivity contribution in [3.05, 3.63) is 40.6 Å². The van der Waals surface area contributed by atoms with Crippen LogP contribution in [0.2, 0.25) is 0 Å². The lowest BCUT2D eigenvalue weighted by Gasteiger charge is -2.11. The van der Waals surface area contributed by atoms with Gasteiger partial charge in [0.2, 0.25) is 5.76 Å². The second-order valence-electron chi connectivity index (χ2n) is 4.63. The molecule has 2 aromatic rings. The first kappa shape index (κ1) is 13.1. The Morgan fingerprint density at radius 2 is 1.79 bits per heavy atom. The molecule has 0 radical (unpaired) electrons. The monoisotopic (exact) mass is 259 g/mol. The van der Waals surface area contributed by atoms with Gasteiger partial charge in [0.1, 0.15) is 0 Å². The van der Waals surface area contributed by atoms with Crippen molar-refractivity contribution in [1.29, 1.82) is 0 Å². The average Bonchev–Trinajstić information content (AvgIpc) is 2.62. The maximum absolute atomic E-state index is 12.2. The minimum absolute atomic E-state index is 0.244. The van der Waals surface area contributed by atoms with Crippen LogP contribution in [0, 0.1) is 27.7 Å². The molecule has 5 heteroatoms. The molecule has 1 heterocycles. The highest BCUT2D eigenvalue weighted by molar-refractivity contribution is 6.03. The van der Waals surface area contributed by atoms with Gasteiger partial charge >= 0.3 is 0 Å². The Morgan fingerprint density at radius 1 is 1.21 bits per heavy atom. The molecule has 0 spiro atoms. The number of anilines is 2. The molecule has 0 saturated heterocycles. The summed E-state index contributed by atoms with van der Waals surface area (Å²) in [7, 11) is 0. The molecule has 1 amide bonds. The van der Waals surface area contributed by atoms with E-state index in [1.165, 1.54) is 0 Å². The van der Waals surface area contributed by atoms with E-state index in [4.69, 9.17) is 10.2 Å². The fourth-order valence-electron chi connectivity index (χ4n) is 2.11. The SMILES string of the molecule is Cc1nc(C)c(C(=O)Nc2c(C)cc(N)cc2C)o1. The first-order valence-corrected chi connectivity index (χ1v) is 6.00. The first-order chi connectivity index (χ1) is 8.88. The quantitative estimate of drug-likeness (QED) is 0.812. The van der Waals surface area contributed by atoms with Gasteiger partial charge in [-0.2, -0.15) is 0 Å². The fourth-order valence-corrected chi connectivity index (χ4v) is 2.11. The molecule has 0 aliphatic heterocycles. The van der Waals surface area contributed by atoms with Crippen LogP contribution in [0.3, 0.4) is 0 Å². The van der Waals surface area contributed by atoms with Gasteiger partial charge < -0.3 is 15.5 Å². The van der Waals surface area contributed by atoms with E-state index >= 15 is 0 Å². The molecule has 1 aromatic carbocycles. The lowest BCUT2D eigenvalue weighted by molar-refractivity contribution is 0.0994. The summed E-state index contributed by atoms with van der Waals surface area (Å²) in [4.78, 5) is 16.2. The summed E-state index contributed by atoms with van der Waals surface area (Å²) >= 11 is 0. The normalized spacial score (nSPS) is 10.5. The van der Waals surface area contributed by atoms with Crippen molar-refractivity contribution in [1.82, 2.24) is 4.98 Å². The van der Waals surface area contributed by atoms with Gasteiger partial charge in [-0.15, -0.1) is 0 Å². The third-order valence-corrected chi connectivity index (χ3v) is 2.90. The van der Waals surface area contributed by atoms with Gasteiger partial charge in [-0.05, 0) is 44.0 Å². The van der Waals surface area contributed by atoms with Crippen molar-refractivity contribution >= 4 is 17.3 Å². The Bertz CT molecular complexity index is 621. The van der Waals surface area contributed by atoms with Crippen LogP contribution >= 0.6 is 0 Å². The molecule has 0 fully saturated rings. The molecule has 0 saturated carbocycles. The van der Waals surface area contributed by atoms with Crippen molar-refractivity contribution in [2.75, 3.05) is 11.1 Å². The highest BCUT2D eigenvalue weighted by atomic mass is 16.4. The number of nitrogens with two attached hydrogens (primary N) is 1. The topological polar surface area (TPSA) is 81.2 Å². The molecular weight excluding hydrogens is 242 g/mol. The molecule has 100 valence electrons. The van der Waals surface area contributed by atoms with Crippen LogP contribution in [0.4, 0.5) is 11.4 Å². The predicted octanol–water partition coefficient (Wildman–Crippen LogP) is 2.74. The zero-order chi connectivity index (χ0) is 14.2. The number of amides is 1. The summed E-state index contributed by atoms with van der Waals surface area (Å²) in [6.07, 6.45) is 0. The molecule has 19 heavy (non-hydrogen) atoms. The lowest BCUT2D eigenvalue weighted by atomic mass is 10.1. The van der Waals surface area contributed by atoms with Gasteiger partial charge in [0, 0.05) is 18.3 Å². The van der Waals surface area contributed by atoms with Crippen molar-refractivity contribution in [2.24, 2.45) is 0 Å². The summed E-state index contributed by atoms with van der Waals surface area (Å²) in [5.41, 5.74) is 9.61. The molecule has 0 unspecified atom stereocenters. The summed E-state index contributed by atoms with van der Waals surface area (Å²) in [5, 5.41) is 2.85. The molecule has 1 aromatic heterocycles. The van der Waals surface area contributed by atoms with Gasteiger partial charge in [0.05, 0.1) is 5.69 Å². The highest BCUT2D eigenvalue weighted by Crippen LogP contribution is 2.24. The summed E-state index contributed by atoms with van der Waals surface area (Å²) in [6.45, 7) is 7.26. The van der Waals surface area contributed by atoms with E-state index in [1.807, 2.05) is 26.0 Å². The molecule has 0 atom stereocenters. The minimum atomic E-state index is -0.297. The van der Waals surface area contributed by atoms with Crippen molar-refractivity contribution in [3.8, 4) is 0 Å². The van der Waals surface area contributed by atoms with Crippen LogP contribution in [0.1, 0.15) is 33.3 Å². The number of carbonyl (C=O) groups excluding carboxylic acids is 1. The Hall–Kier alpha value is -2.30. The van der Waals surface area contributed by atoms with Crippen LogP contribution in [0.5, 0.6) is 0 Å². The van der Waals surface area contributed by atoms with Crippen molar-refractivity contribution in [2.45, 2.75) is 27.7 Å².